The highest BCUT2D eigenvalue weighted by Gasteiger charge is 2.37. The van der Waals surface area contributed by atoms with Crippen LogP contribution in [-0.2, 0) is 16.6 Å². The number of aryl methyl sites for hydroxylation is 1. The van der Waals surface area contributed by atoms with Gasteiger partial charge in [0, 0.05) is 53.2 Å². The summed E-state index contributed by atoms with van der Waals surface area (Å²) in [6.07, 6.45) is 2.52. The predicted octanol–water partition coefficient (Wildman–Crippen LogP) is 5.41. The average molecular weight is 469 g/mol. The smallest absolute Gasteiger partial charge is 0.416 e. The molecule has 178 valence electrons. The fourth-order valence-corrected chi connectivity index (χ4v) is 5.43. The first-order chi connectivity index (χ1) is 17.1. The number of rotatable bonds is 4. The number of aromatic nitrogens is 1. The second kappa shape index (κ2) is 8.74. The van der Waals surface area contributed by atoms with Crippen LogP contribution in [0, 0.1) is 0 Å². The molecule has 2 aliphatic rings. The van der Waals surface area contributed by atoms with E-state index in [9.17, 15) is 9.59 Å². The summed E-state index contributed by atoms with van der Waals surface area (Å²) in [5, 5.41) is 5.19. The van der Waals surface area contributed by atoms with Gasteiger partial charge in [-0.3, -0.25) is 14.6 Å². The van der Waals surface area contributed by atoms with Crippen molar-refractivity contribution in [3.8, 4) is 0 Å². The molecule has 1 fully saturated rings. The molecule has 0 saturated carbocycles. The molecule has 2 aliphatic heterocycles. The molecule has 35 heavy (non-hydrogen) atoms. The Hall–Kier alpha value is -3.84. The van der Waals surface area contributed by atoms with Crippen molar-refractivity contribution in [2.45, 2.75) is 25.5 Å². The van der Waals surface area contributed by atoms with E-state index in [1.807, 2.05) is 61.6 Å². The van der Waals surface area contributed by atoms with Gasteiger partial charge in [-0.25, -0.2) is 4.79 Å². The number of carbonyl (C=O) groups is 2. The Morgan fingerprint density at radius 1 is 0.943 bits per heavy atom. The number of ether oxygens (including phenoxy) is 1. The second-order valence-electron chi connectivity index (χ2n) is 9.33. The Kier molecular flexibility index (Phi) is 5.41. The molecule has 0 aliphatic carbocycles. The number of nitrogens with one attached hydrogen (secondary N) is 1. The largest absolute Gasteiger partial charge is 0.425 e. The number of hydrogen-bond donors (Lipinski definition) is 1. The van der Waals surface area contributed by atoms with Crippen LogP contribution in [0.1, 0.15) is 31.1 Å². The van der Waals surface area contributed by atoms with E-state index in [1.165, 1.54) is 11.3 Å². The number of hydrogen-bond acceptors (Lipinski definition) is 4. The minimum absolute atomic E-state index is 0.115. The maximum atomic E-state index is 13.0. The molecule has 1 aromatic heterocycles. The molecule has 7 heteroatoms. The van der Waals surface area contributed by atoms with E-state index in [4.69, 9.17) is 4.74 Å². The summed E-state index contributed by atoms with van der Waals surface area (Å²) in [4.78, 5) is 29.7. The van der Waals surface area contributed by atoms with E-state index in [0.717, 1.165) is 59.0 Å². The van der Waals surface area contributed by atoms with Crippen molar-refractivity contribution in [3.05, 3.63) is 72.3 Å². The van der Waals surface area contributed by atoms with Crippen LogP contribution in [0.4, 0.5) is 16.2 Å². The normalized spacial score (nSPS) is 18.5. The van der Waals surface area contributed by atoms with Crippen molar-refractivity contribution in [1.82, 2.24) is 9.47 Å². The lowest BCUT2D eigenvalue weighted by Gasteiger charge is -2.40. The SMILES string of the molecule is Cn1c2ccccc2c2cc(NC(=O)CN3C(=O)OC(N4CCCCC4)c4ccccc43)ccc21. The highest BCUT2D eigenvalue weighted by Crippen LogP contribution is 2.37. The Morgan fingerprint density at radius 3 is 2.54 bits per heavy atom. The lowest BCUT2D eigenvalue weighted by atomic mass is 10.0. The molecule has 0 spiro atoms. The van der Waals surface area contributed by atoms with Crippen LogP contribution in [0.5, 0.6) is 0 Å². The summed E-state index contributed by atoms with van der Waals surface area (Å²) in [6.45, 7) is 1.70. The molecule has 1 unspecified atom stereocenters. The minimum atomic E-state index is -0.487. The molecule has 6 rings (SSSR count). The molecular weight excluding hydrogens is 440 g/mol. The Labute approximate surface area is 203 Å². The summed E-state index contributed by atoms with van der Waals surface area (Å²) in [7, 11) is 2.04. The Bertz CT molecular complexity index is 1440. The number of para-hydroxylation sites is 2. The fraction of sp³-hybridized carbons (Fsp3) is 0.286. The average Bonchev–Trinajstić information content (AvgIpc) is 3.17. The van der Waals surface area contributed by atoms with Gasteiger partial charge in [0.2, 0.25) is 5.91 Å². The van der Waals surface area contributed by atoms with E-state index in [2.05, 4.69) is 26.9 Å². The lowest BCUT2D eigenvalue weighted by Crippen LogP contribution is -2.46. The molecule has 0 radical (unpaired) electrons. The van der Waals surface area contributed by atoms with Crippen molar-refractivity contribution in [1.29, 1.82) is 0 Å². The molecule has 7 nitrogen and oxygen atoms in total. The summed E-state index contributed by atoms with van der Waals surface area (Å²) in [5.74, 6) is -0.271. The van der Waals surface area contributed by atoms with Crippen LogP contribution in [0.15, 0.2) is 66.7 Å². The van der Waals surface area contributed by atoms with Gasteiger partial charge in [0.05, 0.1) is 5.69 Å². The topological polar surface area (TPSA) is 66.8 Å². The quantitative estimate of drug-likeness (QED) is 0.435. The van der Waals surface area contributed by atoms with Gasteiger partial charge in [-0.15, -0.1) is 0 Å². The molecular formula is C28H28N4O3. The van der Waals surface area contributed by atoms with E-state index >= 15 is 0 Å². The molecule has 2 amide bonds. The summed E-state index contributed by atoms with van der Waals surface area (Å²) in [6, 6.07) is 21.8. The second-order valence-corrected chi connectivity index (χ2v) is 9.33. The van der Waals surface area contributed by atoms with Gasteiger partial charge in [0.1, 0.15) is 6.54 Å². The van der Waals surface area contributed by atoms with E-state index in [0.29, 0.717) is 5.69 Å². The first-order valence-corrected chi connectivity index (χ1v) is 12.2. The number of cyclic esters (lactones) is 1. The number of anilines is 2. The number of piperidine rings is 1. The van der Waals surface area contributed by atoms with Crippen molar-refractivity contribution >= 4 is 45.2 Å². The zero-order valence-corrected chi connectivity index (χ0v) is 19.7. The maximum absolute atomic E-state index is 13.0. The third-order valence-corrected chi connectivity index (χ3v) is 7.15. The zero-order valence-electron chi connectivity index (χ0n) is 19.7. The van der Waals surface area contributed by atoms with Gasteiger partial charge in [-0.2, -0.15) is 0 Å². The zero-order chi connectivity index (χ0) is 23.9. The minimum Gasteiger partial charge on any atom is -0.425 e. The summed E-state index contributed by atoms with van der Waals surface area (Å²) >= 11 is 0. The lowest BCUT2D eigenvalue weighted by molar-refractivity contribution is -0.115. The molecule has 1 N–H and O–H groups in total. The van der Waals surface area contributed by atoms with Gasteiger partial charge in [0.15, 0.2) is 6.23 Å². The van der Waals surface area contributed by atoms with Crippen LogP contribution >= 0.6 is 0 Å². The Morgan fingerprint density at radius 2 is 1.69 bits per heavy atom. The monoisotopic (exact) mass is 468 g/mol. The number of amides is 2. The summed E-state index contributed by atoms with van der Waals surface area (Å²) in [5.41, 5.74) is 4.60. The van der Waals surface area contributed by atoms with Gasteiger partial charge in [-0.05, 0) is 43.2 Å². The van der Waals surface area contributed by atoms with Gasteiger partial charge in [-0.1, -0.05) is 42.8 Å². The third-order valence-electron chi connectivity index (χ3n) is 7.15. The fourth-order valence-electron chi connectivity index (χ4n) is 5.43. The first-order valence-electron chi connectivity index (χ1n) is 12.2. The predicted molar refractivity (Wildman–Crippen MR) is 137 cm³/mol. The van der Waals surface area contributed by atoms with Crippen LogP contribution in [0.25, 0.3) is 21.8 Å². The van der Waals surface area contributed by atoms with Crippen molar-refractivity contribution in [2.24, 2.45) is 7.05 Å². The number of likely N-dealkylation sites (tertiary alicyclic amines) is 1. The van der Waals surface area contributed by atoms with Crippen molar-refractivity contribution in [3.63, 3.8) is 0 Å². The maximum Gasteiger partial charge on any atom is 0.416 e. The van der Waals surface area contributed by atoms with Crippen LogP contribution in [-0.4, -0.2) is 41.1 Å². The van der Waals surface area contributed by atoms with Crippen LogP contribution in [0.2, 0.25) is 0 Å². The van der Waals surface area contributed by atoms with Gasteiger partial charge in [0.25, 0.3) is 0 Å². The first kappa shape index (κ1) is 21.7. The standard InChI is InChI=1S/C28H28N4O3/c1-30-23-11-5-3-9-20(23)22-17-19(13-14-24(22)30)29-26(33)18-32-25-12-6-4-10-21(25)27(35-28(32)34)31-15-7-2-8-16-31/h3-6,9-14,17,27H,2,7-8,15-16,18H2,1H3,(H,29,33). The van der Waals surface area contributed by atoms with Crippen molar-refractivity contribution < 1.29 is 14.3 Å². The van der Waals surface area contributed by atoms with Crippen LogP contribution in [0.3, 0.4) is 0 Å². The molecule has 3 aromatic carbocycles. The number of fused-ring (bicyclic) bond motifs is 4. The van der Waals surface area contributed by atoms with E-state index < -0.39 is 12.3 Å². The van der Waals surface area contributed by atoms with Gasteiger partial charge < -0.3 is 14.6 Å². The van der Waals surface area contributed by atoms with Crippen LogP contribution < -0.4 is 10.2 Å². The Balaban J connectivity index is 1.24. The molecule has 4 aromatic rings. The third kappa shape index (κ3) is 3.82. The van der Waals surface area contributed by atoms with E-state index in [-0.39, 0.29) is 12.5 Å². The highest BCUT2D eigenvalue weighted by molar-refractivity contribution is 6.10. The number of nitrogens with zero attached hydrogens (tertiary/aromatic N) is 3. The summed E-state index contributed by atoms with van der Waals surface area (Å²) < 4.78 is 8.00. The van der Waals surface area contributed by atoms with Gasteiger partial charge >= 0.3 is 6.09 Å². The van der Waals surface area contributed by atoms with E-state index in [1.54, 1.807) is 0 Å². The van der Waals surface area contributed by atoms with Crippen molar-refractivity contribution in [2.75, 3.05) is 29.9 Å². The number of carbonyl (C=O) groups excluding carboxylic acids is 2. The number of benzene rings is 3. The molecule has 1 saturated heterocycles. The highest BCUT2D eigenvalue weighted by atomic mass is 16.6. The molecule has 0 bridgehead atoms. The molecule has 1 atom stereocenters. The molecule has 3 heterocycles.